The SMILES string of the molecule is CC(Sc1ccccn1)C(=O)Nc1nnc(C(C)C)s1. The number of nitrogens with one attached hydrogen (secondary N) is 1. The minimum atomic E-state index is -0.240. The van der Waals surface area contributed by atoms with E-state index in [1.807, 2.05) is 39.0 Å². The number of amides is 1. The van der Waals surface area contributed by atoms with Crippen LogP contribution in [0, 0.1) is 0 Å². The summed E-state index contributed by atoms with van der Waals surface area (Å²) < 4.78 is 0. The van der Waals surface area contributed by atoms with Gasteiger partial charge in [0.15, 0.2) is 0 Å². The van der Waals surface area contributed by atoms with Crippen LogP contribution < -0.4 is 5.32 Å². The van der Waals surface area contributed by atoms with Crippen molar-refractivity contribution < 1.29 is 4.79 Å². The van der Waals surface area contributed by atoms with Gasteiger partial charge in [0.25, 0.3) is 0 Å². The van der Waals surface area contributed by atoms with Crippen LogP contribution in [0.25, 0.3) is 0 Å². The second kappa shape index (κ2) is 6.81. The number of hydrogen-bond acceptors (Lipinski definition) is 6. The molecular weight excluding hydrogens is 292 g/mol. The van der Waals surface area contributed by atoms with E-state index in [1.54, 1.807) is 6.20 Å². The molecule has 2 aromatic heterocycles. The lowest BCUT2D eigenvalue weighted by Crippen LogP contribution is -2.22. The largest absolute Gasteiger partial charge is 0.300 e. The first kappa shape index (κ1) is 14.9. The molecule has 0 spiro atoms. The summed E-state index contributed by atoms with van der Waals surface area (Å²) in [5.41, 5.74) is 0. The molecule has 0 aliphatic carbocycles. The first-order valence-corrected chi connectivity index (χ1v) is 7.98. The zero-order chi connectivity index (χ0) is 14.5. The van der Waals surface area contributed by atoms with E-state index < -0.39 is 0 Å². The third-order valence-electron chi connectivity index (χ3n) is 2.47. The maximum atomic E-state index is 12.1. The normalized spacial score (nSPS) is 12.4. The van der Waals surface area contributed by atoms with Crippen LogP contribution >= 0.6 is 23.1 Å². The molecule has 0 bridgehead atoms. The summed E-state index contributed by atoms with van der Waals surface area (Å²) in [6, 6.07) is 5.64. The van der Waals surface area contributed by atoms with E-state index >= 15 is 0 Å². The van der Waals surface area contributed by atoms with E-state index in [9.17, 15) is 4.79 Å². The molecule has 0 saturated heterocycles. The number of thioether (sulfide) groups is 1. The Morgan fingerprint density at radius 3 is 2.70 bits per heavy atom. The summed E-state index contributed by atoms with van der Waals surface area (Å²) in [6.07, 6.45) is 1.71. The van der Waals surface area contributed by atoms with Crippen LogP contribution in [-0.4, -0.2) is 26.3 Å². The minimum absolute atomic E-state index is 0.0906. The molecule has 2 heterocycles. The zero-order valence-corrected chi connectivity index (χ0v) is 13.2. The number of pyridine rings is 1. The molecule has 0 aromatic carbocycles. The molecule has 2 rings (SSSR count). The molecule has 1 unspecified atom stereocenters. The van der Waals surface area contributed by atoms with Crippen molar-refractivity contribution in [2.45, 2.75) is 37.0 Å². The number of aromatic nitrogens is 3. The molecule has 2 aromatic rings. The standard InChI is InChI=1S/C13H16N4OS2/c1-8(2)12-16-17-13(20-12)15-11(18)9(3)19-10-6-4-5-7-14-10/h4-9H,1-3H3,(H,15,17,18). The second-order valence-electron chi connectivity index (χ2n) is 4.52. The highest BCUT2D eigenvalue weighted by Gasteiger charge is 2.17. The Kier molecular flexibility index (Phi) is 5.08. The van der Waals surface area contributed by atoms with Crippen molar-refractivity contribution in [3.05, 3.63) is 29.4 Å². The smallest absolute Gasteiger partial charge is 0.239 e. The Hall–Kier alpha value is -1.47. The fraction of sp³-hybridized carbons (Fsp3) is 0.385. The predicted molar refractivity (Wildman–Crippen MR) is 82.2 cm³/mol. The molecule has 7 heteroatoms. The summed E-state index contributed by atoms with van der Waals surface area (Å²) in [4.78, 5) is 16.3. The Labute approximate surface area is 126 Å². The number of hydrogen-bond donors (Lipinski definition) is 1. The lowest BCUT2D eigenvalue weighted by Gasteiger charge is -2.09. The topological polar surface area (TPSA) is 67.8 Å². The van der Waals surface area contributed by atoms with Crippen molar-refractivity contribution in [1.29, 1.82) is 0 Å². The molecule has 20 heavy (non-hydrogen) atoms. The molecule has 0 saturated carbocycles. The van der Waals surface area contributed by atoms with Gasteiger partial charge in [-0.15, -0.1) is 10.2 Å². The predicted octanol–water partition coefficient (Wildman–Crippen LogP) is 3.18. The van der Waals surface area contributed by atoms with Crippen LogP contribution in [0.15, 0.2) is 29.4 Å². The van der Waals surface area contributed by atoms with Crippen molar-refractivity contribution in [3.63, 3.8) is 0 Å². The van der Waals surface area contributed by atoms with Crippen molar-refractivity contribution in [1.82, 2.24) is 15.2 Å². The summed E-state index contributed by atoms with van der Waals surface area (Å²) in [5.74, 6) is 0.227. The maximum absolute atomic E-state index is 12.1. The maximum Gasteiger partial charge on any atom is 0.239 e. The number of rotatable bonds is 5. The van der Waals surface area contributed by atoms with Crippen molar-refractivity contribution in [2.75, 3.05) is 5.32 Å². The van der Waals surface area contributed by atoms with Crippen LogP contribution in [0.1, 0.15) is 31.7 Å². The zero-order valence-electron chi connectivity index (χ0n) is 11.5. The van der Waals surface area contributed by atoms with Crippen molar-refractivity contribution in [3.8, 4) is 0 Å². The average Bonchev–Trinajstić information content (AvgIpc) is 2.88. The summed E-state index contributed by atoms with van der Waals surface area (Å²) >= 11 is 2.83. The number of carbonyl (C=O) groups is 1. The quantitative estimate of drug-likeness (QED) is 0.859. The first-order valence-electron chi connectivity index (χ1n) is 6.28. The molecule has 0 fully saturated rings. The fourth-order valence-corrected chi connectivity index (χ4v) is 2.93. The van der Waals surface area contributed by atoms with Crippen LogP contribution in [0.2, 0.25) is 0 Å². The minimum Gasteiger partial charge on any atom is -0.300 e. The van der Waals surface area contributed by atoms with E-state index in [4.69, 9.17) is 0 Å². The van der Waals surface area contributed by atoms with E-state index in [2.05, 4.69) is 20.5 Å². The molecule has 0 aliphatic heterocycles. The molecular formula is C13H16N4OS2. The number of anilines is 1. The monoisotopic (exact) mass is 308 g/mol. The molecule has 5 nitrogen and oxygen atoms in total. The van der Waals surface area contributed by atoms with Crippen molar-refractivity contribution >= 4 is 34.1 Å². The van der Waals surface area contributed by atoms with Crippen LogP contribution in [0.3, 0.4) is 0 Å². The van der Waals surface area contributed by atoms with Gasteiger partial charge in [-0.3, -0.25) is 10.1 Å². The van der Waals surface area contributed by atoms with Gasteiger partial charge in [0.2, 0.25) is 11.0 Å². The highest BCUT2D eigenvalue weighted by molar-refractivity contribution is 8.00. The van der Waals surface area contributed by atoms with Gasteiger partial charge in [-0.25, -0.2) is 4.98 Å². The second-order valence-corrected chi connectivity index (χ2v) is 6.89. The van der Waals surface area contributed by atoms with Gasteiger partial charge in [-0.2, -0.15) is 0 Å². The van der Waals surface area contributed by atoms with Gasteiger partial charge in [-0.05, 0) is 19.1 Å². The fourth-order valence-electron chi connectivity index (χ4n) is 1.38. The molecule has 1 amide bonds. The van der Waals surface area contributed by atoms with E-state index in [0.717, 1.165) is 10.0 Å². The van der Waals surface area contributed by atoms with Gasteiger partial charge in [0.1, 0.15) is 5.01 Å². The van der Waals surface area contributed by atoms with Gasteiger partial charge in [-0.1, -0.05) is 43.0 Å². The molecule has 0 radical (unpaired) electrons. The summed E-state index contributed by atoms with van der Waals surface area (Å²) in [6.45, 7) is 5.94. The Morgan fingerprint density at radius 1 is 1.30 bits per heavy atom. The lowest BCUT2D eigenvalue weighted by molar-refractivity contribution is -0.115. The van der Waals surface area contributed by atoms with E-state index in [1.165, 1.54) is 23.1 Å². The number of carbonyl (C=O) groups excluding carboxylic acids is 1. The summed E-state index contributed by atoms with van der Waals surface area (Å²) in [5, 5.41) is 12.9. The molecule has 1 atom stereocenters. The average molecular weight is 308 g/mol. The van der Waals surface area contributed by atoms with Crippen LogP contribution in [0.5, 0.6) is 0 Å². The van der Waals surface area contributed by atoms with Crippen molar-refractivity contribution in [2.24, 2.45) is 0 Å². The van der Waals surface area contributed by atoms with E-state index in [-0.39, 0.29) is 11.2 Å². The van der Waals surface area contributed by atoms with E-state index in [0.29, 0.717) is 11.0 Å². The summed E-state index contributed by atoms with van der Waals surface area (Å²) in [7, 11) is 0. The first-order chi connectivity index (χ1) is 9.56. The Bertz CT molecular complexity index is 571. The molecule has 1 N–H and O–H groups in total. The highest BCUT2D eigenvalue weighted by Crippen LogP contribution is 2.25. The van der Waals surface area contributed by atoms with Gasteiger partial charge < -0.3 is 0 Å². The Balaban J connectivity index is 1.93. The lowest BCUT2D eigenvalue weighted by atomic mass is 10.2. The third kappa shape index (κ3) is 4.01. The van der Waals surface area contributed by atoms with Gasteiger partial charge >= 0.3 is 0 Å². The van der Waals surface area contributed by atoms with Crippen LogP contribution in [0.4, 0.5) is 5.13 Å². The van der Waals surface area contributed by atoms with Gasteiger partial charge in [0.05, 0.1) is 10.3 Å². The molecule has 0 aliphatic rings. The number of nitrogens with zero attached hydrogens (tertiary/aromatic N) is 3. The third-order valence-corrected chi connectivity index (χ3v) is 4.66. The van der Waals surface area contributed by atoms with Gasteiger partial charge in [0, 0.05) is 12.1 Å². The van der Waals surface area contributed by atoms with Crippen LogP contribution in [-0.2, 0) is 4.79 Å². The Morgan fingerprint density at radius 2 is 2.10 bits per heavy atom. The molecule has 106 valence electrons. The highest BCUT2D eigenvalue weighted by atomic mass is 32.2.